The lowest BCUT2D eigenvalue weighted by molar-refractivity contribution is 0.305. The van der Waals surface area contributed by atoms with Crippen molar-refractivity contribution in [3.05, 3.63) is 40.8 Å². The number of rotatable bonds is 2. The second-order valence-electron chi connectivity index (χ2n) is 5.49. The van der Waals surface area contributed by atoms with Gasteiger partial charge in [-0.05, 0) is 37.1 Å². The van der Waals surface area contributed by atoms with Gasteiger partial charge in [0.25, 0.3) is 0 Å². The van der Waals surface area contributed by atoms with Crippen molar-refractivity contribution in [1.82, 2.24) is 14.9 Å². The molecule has 0 saturated carbocycles. The van der Waals surface area contributed by atoms with Gasteiger partial charge in [0.05, 0.1) is 17.9 Å². The van der Waals surface area contributed by atoms with Crippen molar-refractivity contribution in [2.45, 2.75) is 19.4 Å². The van der Waals surface area contributed by atoms with E-state index in [2.05, 4.69) is 69.0 Å². The average molecular weight is 320 g/mol. The normalized spacial score (nSPS) is 23.9. The van der Waals surface area contributed by atoms with E-state index in [9.17, 15) is 0 Å². The lowest BCUT2D eigenvalue weighted by Crippen LogP contribution is -2.19. The smallest absolute Gasteiger partial charge is 0.123 e. The van der Waals surface area contributed by atoms with E-state index in [1.165, 1.54) is 12.0 Å². The third-order valence-corrected chi connectivity index (χ3v) is 4.35. The summed E-state index contributed by atoms with van der Waals surface area (Å²) in [4.78, 5) is 10.4. The molecular weight excluding hydrogens is 302 g/mol. The third kappa shape index (κ3) is 2.60. The van der Waals surface area contributed by atoms with Crippen molar-refractivity contribution in [3.8, 4) is 11.3 Å². The van der Waals surface area contributed by atoms with Gasteiger partial charge in [-0.3, -0.25) is 4.90 Å². The van der Waals surface area contributed by atoms with Crippen molar-refractivity contribution >= 4 is 15.9 Å². The third-order valence-electron chi connectivity index (χ3n) is 3.82. The van der Waals surface area contributed by atoms with Crippen LogP contribution in [0.2, 0.25) is 0 Å². The lowest BCUT2D eigenvalue weighted by atomic mass is 10.1. The van der Waals surface area contributed by atoms with Crippen molar-refractivity contribution in [3.63, 3.8) is 0 Å². The molecular formula is C15H18BrN3. The molecule has 19 heavy (non-hydrogen) atoms. The van der Waals surface area contributed by atoms with E-state index in [1.54, 1.807) is 0 Å². The van der Waals surface area contributed by atoms with E-state index in [-0.39, 0.29) is 0 Å². The van der Waals surface area contributed by atoms with E-state index in [0.29, 0.717) is 6.04 Å². The maximum Gasteiger partial charge on any atom is 0.123 e. The number of halogens is 1. The summed E-state index contributed by atoms with van der Waals surface area (Å²) in [5.41, 5.74) is 2.27. The first-order chi connectivity index (χ1) is 9.13. The molecule has 0 amide bonds. The minimum atomic E-state index is 0.430. The van der Waals surface area contributed by atoms with Gasteiger partial charge < -0.3 is 4.98 Å². The van der Waals surface area contributed by atoms with Gasteiger partial charge in [-0.15, -0.1) is 0 Å². The van der Waals surface area contributed by atoms with E-state index >= 15 is 0 Å². The maximum absolute atomic E-state index is 4.57. The van der Waals surface area contributed by atoms with E-state index in [0.717, 1.165) is 28.5 Å². The molecule has 1 N–H and O–H groups in total. The maximum atomic E-state index is 4.57. The van der Waals surface area contributed by atoms with Crippen LogP contribution in [-0.4, -0.2) is 28.5 Å². The summed E-state index contributed by atoms with van der Waals surface area (Å²) < 4.78 is 1.10. The number of aromatic nitrogens is 2. The molecule has 1 aromatic heterocycles. The van der Waals surface area contributed by atoms with Gasteiger partial charge in [-0.25, -0.2) is 4.98 Å². The summed E-state index contributed by atoms with van der Waals surface area (Å²) in [5.74, 6) is 1.83. The first-order valence-electron chi connectivity index (χ1n) is 6.64. The SMILES string of the molecule is C[C@H]1C[C@@H](c2ncc(-c3ccc(Br)cc3)[nH]2)N(C)C1. The summed E-state index contributed by atoms with van der Waals surface area (Å²) in [7, 11) is 2.18. The van der Waals surface area contributed by atoms with Crippen LogP contribution in [0.4, 0.5) is 0 Å². The number of nitrogens with one attached hydrogen (secondary N) is 1. The van der Waals surface area contributed by atoms with Crippen LogP contribution >= 0.6 is 15.9 Å². The molecule has 1 aliphatic rings. The van der Waals surface area contributed by atoms with E-state index in [4.69, 9.17) is 0 Å². The van der Waals surface area contributed by atoms with Gasteiger partial charge in [-0.1, -0.05) is 35.0 Å². The molecule has 1 fully saturated rings. The molecule has 3 rings (SSSR count). The van der Waals surface area contributed by atoms with Crippen LogP contribution in [0.1, 0.15) is 25.2 Å². The highest BCUT2D eigenvalue weighted by Gasteiger charge is 2.29. The van der Waals surface area contributed by atoms with Gasteiger partial charge in [0.2, 0.25) is 0 Å². The predicted molar refractivity (Wildman–Crippen MR) is 80.9 cm³/mol. The summed E-state index contributed by atoms with van der Waals surface area (Å²) in [6.45, 7) is 3.45. The summed E-state index contributed by atoms with van der Waals surface area (Å²) in [5, 5.41) is 0. The number of aromatic amines is 1. The minimum absolute atomic E-state index is 0.430. The molecule has 3 nitrogen and oxygen atoms in total. The first-order valence-corrected chi connectivity index (χ1v) is 7.44. The van der Waals surface area contributed by atoms with Gasteiger partial charge in [0, 0.05) is 11.0 Å². The van der Waals surface area contributed by atoms with E-state index in [1.807, 2.05) is 6.20 Å². The Hall–Kier alpha value is -1.13. The zero-order valence-corrected chi connectivity index (χ0v) is 12.8. The minimum Gasteiger partial charge on any atom is -0.341 e. The summed E-state index contributed by atoms with van der Waals surface area (Å²) >= 11 is 3.46. The van der Waals surface area contributed by atoms with Crippen molar-refractivity contribution in [2.75, 3.05) is 13.6 Å². The quantitative estimate of drug-likeness (QED) is 0.911. The Labute approximate surface area is 122 Å². The van der Waals surface area contributed by atoms with Crippen LogP contribution in [0.15, 0.2) is 34.9 Å². The molecule has 2 aromatic rings. The molecule has 0 radical (unpaired) electrons. The Bertz CT molecular complexity index is 561. The van der Waals surface area contributed by atoms with Crippen LogP contribution in [0.25, 0.3) is 11.3 Å². The highest BCUT2D eigenvalue weighted by molar-refractivity contribution is 9.10. The Morgan fingerprint density at radius 2 is 2.05 bits per heavy atom. The zero-order valence-electron chi connectivity index (χ0n) is 11.2. The molecule has 0 aliphatic carbocycles. The number of imidazole rings is 1. The van der Waals surface area contributed by atoms with Crippen molar-refractivity contribution < 1.29 is 0 Å². The zero-order chi connectivity index (χ0) is 13.4. The Morgan fingerprint density at radius 1 is 1.32 bits per heavy atom. The highest BCUT2D eigenvalue weighted by atomic mass is 79.9. The number of H-pyrrole nitrogens is 1. The van der Waals surface area contributed by atoms with Gasteiger partial charge in [0.15, 0.2) is 0 Å². The number of hydrogen-bond acceptors (Lipinski definition) is 2. The Balaban J connectivity index is 1.85. The van der Waals surface area contributed by atoms with Gasteiger partial charge in [0.1, 0.15) is 5.82 Å². The molecule has 1 aliphatic heterocycles. The number of benzene rings is 1. The molecule has 2 atom stereocenters. The second kappa shape index (κ2) is 5.10. The molecule has 1 aromatic carbocycles. The molecule has 4 heteroatoms. The fourth-order valence-electron chi connectivity index (χ4n) is 2.86. The first kappa shape index (κ1) is 12.9. The predicted octanol–water partition coefficient (Wildman–Crippen LogP) is 3.85. The van der Waals surface area contributed by atoms with Crippen LogP contribution in [0, 0.1) is 5.92 Å². The van der Waals surface area contributed by atoms with Crippen LogP contribution in [0.3, 0.4) is 0 Å². The Morgan fingerprint density at radius 3 is 2.68 bits per heavy atom. The van der Waals surface area contributed by atoms with Crippen molar-refractivity contribution in [2.24, 2.45) is 5.92 Å². The fraction of sp³-hybridized carbons (Fsp3) is 0.400. The molecule has 0 spiro atoms. The summed E-state index contributed by atoms with van der Waals surface area (Å²) in [6, 6.07) is 8.74. The molecule has 100 valence electrons. The molecule has 0 unspecified atom stereocenters. The standard InChI is InChI=1S/C15H18BrN3/c1-10-7-14(19(2)9-10)15-17-8-13(18-15)11-3-5-12(16)6-4-11/h3-6,8,10,14H,7,9H2,1-2H3,(H,17,18)/t10-,14-/m0/s1. The molecule has 1 saturated heterocycles. The highest BCUT2D eigenvalue weighted by Crippen LogP contribution is 2.33. The number of nitrogens with zero attached hydrogens (tertiary/aromatic N) is 2. The average Bonchev–Trinajstić information content (AvgIpc) is 2.97. The van der Waals surface area contributed by atoms with Crippen molar-refractivity contribution in [1.29, 1.82) is 0 Å². The topological polar surface area (TPSA) is 31.9 Å². The number of likely N-dealkylation sites (tertiary alicyclic amines) is 1. The van der Waals surface area contributed by atoms with Crippen LogP contribution in [-0.2, 0) is 0 Å². The van der Waals surface area contributed by atoms with Gasteiger partial charge >= 0.3 is 0 Å². The Kier molecular flexibility index (Phi) is 3.46. The molecule has 2 heterocycles. The van der Waals surface area contributed by atoms with Crippen LogP contribution < -0.4 is 0 Å². The summed E-state index contributed by atoms with van der Waals surface area (Å²) in [6.07, 6.45) is 3.12. The van der Waals surface area contributed by atoms with E-state index < -0.39 is 0 Å². The monoisotopic (exact) mass is 319 g/mol. The van der Waals surface area contributed by atoms with Gasteiger partial charge in [-0.2, -0.15) is 0 Å². The largest absolute Gasteiger partial charge is 0.341 e. The molecule has 0 bridgehead atoms. The second-order valence-corrected chi connectivity index (χ2v) is 6.40. The van der Waals surface area contributed by atoms with Crippen LogP contribution in [0.5, 0.6) is 0 Å². The number of hydrogen-bond donors (Lipinski definition) is 1. The fourth-order valence-corrected chi connectivity index (χ4v) is 3.12. The lowest BCUT2D eigenvalue weighted by Gasteiger charge is -2.16.